The van der Waals surface area contributed by atoms with E-state index in [4.69, 9.17) is 44.3 Å². The molecule has 9 nitrogen and oxygen atoms in total. The van der Waals surface area contributed by atoms with E-state index in [1.165, 1.54) is 61.6 Å². The summed E-state index contributed by atoms with van der Waals surface area (Å²) in [6.07, 6.45) is 0.235. The number of nitrogens with zero attached hydrogens (tertiary/aromatic N) is 2. The maximum absolute atomic E-state index is 14.3. The molecule has 3 rings (SSSR count). The van der Waals surface area contributed by atoms with E-state index in [0.717, 1.165) is 4.31 Å². The first-order valence-electron chi connectivity index (χ1n) is 13.7. The number of halogens is 3. The van der Waals surface area contributed by atoms with E-state index in [-0.39, 0.29) is 29.3 Å². The standard InChI is InChI=1S/C31H36Cl3N3O6S/c1-7-26(30(39)35-31(2,3)4)36(18-23-24(33)9-8-10-25(23)34)29(38)19-37(21-13-11-20(32)12-14-21)44(40,41)22-15-16-27(42-5)28(17-22)43-6/h8-17,26H,7,18-19H2,1-6H3,(H,35,39)/t26-/m1/s1. The van der Waals surface area contributed by atoms with Gasteiger partial charge >= 0.3 is 0 Å². The summed E-state index contributed by atoms with van der Waals surface area (Å²) >= 11 is 19.0. The van der Waals surface area contributed by atoms with Gasteiger partial charge in [-0.15, -0.1) is 0 Å². The van der Waals surface area contributed by atoms with Crippen molar-refractivity contribution in [1.82, 2.24) is 10.2 Å². The van der Waals surface area contributed by atoms with Gasteiger partial charge in [-0.25, -0.2) is 8.42 Å². The molecule has 0 saturated carbocycles. The fourth-order valence-electron chi connectivity index (χ4n) is 4.47. The summed E-state index contributed by atoms with van der Waals surface area (Å²) in [5, 5.41) is 3.90. The average Bonchev–Trinajstić information content (AvgIpc) is 2.96. The highest BCUT2D eigenvalue weighted by molar-refractivity contribution is 7.92. The fraction of sp³-hybridized carbons (Fsp3) is 0.355. The van der Waals surface area contributed by atoms with Crippen LogP contribution in [0.5, 0.6) is 11.5 Å². The number of carbonyl (C=O) groups is 2. The summed E-state index contributed by atoms with van der Waals surface area (Å²) in [6.45, 7) is 6.45. The minimum Gasteiger partial charge on any atom is -0.493 e. The molecule has 0 spiro atoms. The molecule has 0 heterocycles. The molecule has 1 N–H and O–H groups in total. The van der Waals surface area contributed by atoms with Gasteiger partial charge in [0, 0.05) is 38.8 Å². The lowest BCUT2D eigenvalue weighted by Crippen LogP contribution is -2.55. The molecule has 3 aromatic carbocycles. The van der Waals surface area contributed by atoms with Gasteiger partial charge in [0.2, 0.25) is 11.8 Å². The second kappa shape index (κ2) is 14.7. The van der Waals surface area contributed by atoms with Crippen LogP contribution in [-0.2, 0) is 26.2 Å². The van der Waals surface area contributed by atoms with Crippen LogP contribution in [0.15, 0.2) is 65.6 Å². The van der Waals surface area contributed by atoms with Crippen molar-refractivity contribution < 1.29 is 27.5 Å². The van der Waals surface area contributed by atoms with Gasteiger partial charge in [-0.2, -0.15) is 0 Å². The molecule has 0 fully saturated rings. The molecule has 2 amide bonds. The van der Waals surface area contributed by atoms with Crippen molar-refractivity contribution >= 4 is 62.3 Å². The van der Waals surface area contributed by atoms with E-state index in [9.17, 15) is 18.0 Å². The van der Waals surface area contributed by atoms with Crippen molar-refractivity contribution in [2.24, 2.45) is 0 Å². The van der Waals surface area contributed by atoms with E-state index >= 15 is 0 Å². The Bertz CT molecular complexity index is 1570. The van der Waals surface area contributed by atoms with Gasteiger partial charge in [0.15, 0.2) is 11.5 Å². The van der Waals surface area contributed by atoms with Crippen LogP contribution in [0.25, 0.3) is 0 Å². The summed E-state index contributed by atoms with van der Waals surface area (Å²) in [6, 6.07) is 14.1. The predicted octanol–water partition coefficient (Wildman–Crippen LogP) is 6.58. The SMILES string of the molecule is CC[C@H](C(=O)NC(C)(C)C)N(Cc1c(Cl)cccc1Cl)C(=O)CN(c1ccc(Cl)cc1)S(=O)(=O)c1ccc(OC)c(OC)c1. The third kappa shape index (κ3) is 8.50. The molecular weight excluding hydrogens is 649 g/mol. The Balaban J connectivity index is 2.15. The summed E-state index contributed by atoms with van der Waals surface area (Å²) in [5.41, 5.74) is 0.0142. The molecule has 0 unspecified atom stereocenters. The zero-order valence-corrected chi connectivity index (χ0v) is 28.4. The number of amides is 2. The maximum Gasteiger partial charge on any atom is 0.264 e. The van der Waals surface area contributed by atoms with E-state index in [2.05, 4.69) is 5.32 Å². The van der Waals surface area contributed by atoms with E-state index < -0.39 is 40.0 Å². The highest BCUT2D eigenvalue weighted by Gasteiger charge is 2.35. The number of hydrogen-bond acceptors (Lipinski definition) is 6. The first kappa shape index (κ1) is 35.3. The molecule has 1 atom stereocenters. The molecule has 238 valence electrons. The zero-order chi connectivity index (χ0) is 32.8. The van der Waals surface area contributed by atoms with Gasteiger partial charge in [0.1, 0.15) is 12.6 Å². The highest BCUT2D eigenvalue weighted by atomic mass is 35.5. The summed E-state index contributed by atoms with van der Waals surface area (Å²) in [5.74, 6) is -0.539. The molecule has 0 aliphatic heterocycles. The molecule has 0 bridgehead atoms. The minimum atomic E-state index is -4.37. The van der Waals surface area contributed by atoms with Crippen molar-refractivity contribution in [2.75, 3.05) is 25.1 Å². The van der Waals surface area contributed by atoms with Crippen molar-refractivity contribution in [3.63, 3.8) is 0 Å². The molecule has 0 aromatic heterocycles. The molecule has 44 heavy (non-hydrogen) atoms. The number of benzene rings is 3. The number of ether oxygens (including phenoxy) is 2. The summed E-state index contributed by atoms with van der Waals surface area (Å²) in [4.78, 5) is 28.9. The largest absolute Gasteiger partial charge is 0.493 e. The topological polar surface area (TPSA) is 105 Å². The Morgan fingerprint density at radius 1 is 0.909 bits per heavy atom. The van der Waals surface area contributed by atoms with Crippen molar-refractivity contribution in [1.29, 1.82) is 0 Å². The average molecular weight is 685 g/mol. The lowest BCUT2D eigenvalue weighted by atomic mass is 10.1. The quantitative estimate of drug-likeness (QED) is 0.231. The Labute approximate surface area is 274 Å². The van der Waals surface area contributed by atoms with Crippen LogP contribution in [0.3, 0.4) is 0 Å². The van der Waals surface area contributed by atoms with E-state index in [0.29, 0.717) is 26.4 Å². The third-order valence-electron chi connectivity index (χ3n) is 6.61. The third-order valence-corrected chi connectivity index (χ3v) is 9.34. The lowest BCUT2D eigenvalue weighted by Gasteiger charge is -2.35. The van der Waals surface area contributed by atoms with Gasteiger partial charge < -0.3 is 19.7 Å². The minimum absolute atomic E-state index is 0.141. The molecular formula is C31H36Cl3N3O6S. The Kier molecular flexibility index (Phi) is 11.8. The number of rotatable bonds is 12. The van der Waals surface area contributed by atoms with E-state index in [1.807, 2.05) is 20.8 Å². The molecule has 0 aliphatic carbocycles. The Morgan fingerprint density at radius 3 is 2.02 bits per heavy atom. The van der Waals surface area contributed by atoms with E-state index in [1.54, 1.807) is 25.1 Å². The lowest BCUT2D eigenvalue weighted by molar-refractivity contribution is -0.141. The number of methoxy groups -OCH3 is 2. The van der Waals surface area contributed by atoms with Crippen LogP contribution in [-0.4, -0.2) is 57.5 Å². The molecule has 0 saturated heterocycles. The summed E-state index contributed by atoms with van der Waals surface area (Å²) < 4.78 is 39.9. The van der Waals surface area contributed by atoms with Crippen LogP contribution in [0, 0.1) is 0 Å². The van der Waals surface area contributed by atoms with Crippen molar-refractivity contribution in [3.05, 3.63) is 81.3 Å². The monoisotopic (exact) mass is 683 g/mol. The number of anilines is 1. The van der Waals surface area contributed by atoms with Crippen LogP contribution in [0.4, 0.5) is 5.69 Å². The van der Waals surface area contributed by atoms with Crippen LogP contribution < -0.4 is 19.1 Å². The van der Waals surface area contributed by atoms with Crippen LogP contribution in [0.1, 0.15) is 39.7 Å². The summed E-state index contributed by atoms with van der Waals surface area (Å²) in [7, 11) is -1.55. The fourth-order valence-corrected chi connectivity index (χ4v) is 6.54. The molecule has 13 heteroatoms. The predicted molar refractivity (Wildman–Crippen MR) is 175 cm³/mol. The van der Waals surface area contributed by atoms with Crippen molar-refractivity contribution in [3.8, 4) is 11.5 Å². The van der Waals surface area contributed by atoms with Crippen LogP contribution >= 0.6 is 34.8 Å². The van der Waals surface area contributed by atoms with Gasteiger partial charge in [-0.1, -0.05) is 47.8 Å². The number of hydrogen-bond donors (Lipinski definition) is 1. The van der Waals surface area contributed by atoms with Gasteiger partial charge in [-0.3, -0.25) is 13.9 Å². The smallest absolute Gasteiger partial charge is 0.264 e. The van der Waals surface area contributed by atoms with Gasteiger partial charge in [0.25, 0.3) is 10.0 Å². The second-order valence-electron chi connectivity index (χ2n) is 10.9. The molecule has 3 aromatic rings. The normalized spacial score (nSPS) is 12.3. The Morgan fingerprint density at radius 2 is 1.50 bits per heavy atom. The number of nitrogens with one attached hydrogen (secondary N) is 1. The highest BCUT2D eigenvalue weighted by Crippen LogP contribution is 2.33. The Hall–Kier alpha value is -3.18. The van der Waals surface area contributed by atoms with Crippen molar-refractivity contribution in [2.45, 2.75) is 57.1 Å². The molecule has 0 aliphatic rings. The molecule has 0 radical (unpaired) electrons. The van der Waals surface area contributed by atoms with Gasteiger partial charge in [0.05, 0.1) is 24.8 Å². The number of carbonyl (C=O) groups excluding carboxylic acids is 2. The first-order valence-corrected chi connectivity index (χ1v) is 16.2. The second-order valence-corrected chi connectivity index (χ2v) is 14.0. The van der Waals surface area contributed by atoms with Crippen LogP contribution in [0.2, 0.25) is 15.1 Å². The number of sulfonamides is 1. The maximum atomic E-state index is 14.3. The first-order chi connectivity index (χ1) is 20.6. The van der Waals surface area contributed by atoms with Gasteiger partial charge in [-0.05, 0) is 75.7 Å². The zero-order valence-electron chi connectivity index (χ0n) is 25.4.